The van der Waals surface area contributed by atoms with Gasteiger partial charge in [-0.3, -0.25) is 43.7 Å². The maximum atomic E-state index is 13.4. The summed E-state index contributed by atoms with van der Waals surface area (Å²) < 4.78 is 25.5. The molecule has 20 heteroatoms. The minimum Gasteiger partial charge on any atom is -0.379 e. The van der Waals surface area contributed by atoms with Gasteiger partial charge in [-0.25, -0.2) is 0 Å². The zero-order valence-corrected chi connectivity index (χ0v) is 59.5. The second-order valence-corrected chi connectivity index (χ2v) is 23.9. The molecule has 0 unspecified atom stereocenters. The van der Waals surface area contributed by atoms with E-state index in [1.165, 1.54) is 0 Å². The first-order valence-corrected chi connectivity index (χ1v) is 35.8. The van der Waals surface area contributed by atoms with E-state index in [2.05, 4.69) is 167 Å². The fourth-order valence-corrected chi connectivity index (χ4v) is 13.3. The van der Waals surface area contributed by atoms with Gasteiger partial charge in [0.05, 0.1) is 64.9 Å². The Morgan fingerprint density at radius 1 is 0.318 bits per heavy atom. The van der Waals surface area contributed by atoms with Crippen LogP contribution < -0.4 is 21.3 Å². The van der Waals surface area contributed by atoms with Gasteiger partial charge >= 0.3 is 0 Å². The molecule has 0 atom stereocenters. The molecule has 0 heterocycles. The molecular weight excluding hydrogens is 1110 g/mol. The lowest BCUT2D eigenvalue weighted by atomic mass is 10.0. The average Bonchev–Trinajstić information content (AvgIpc) is 3.73. The summed E-state index contributed by atoms with van der Waals surface area (Å²) >= 11 is 0. The number of nitrogens with zero attached hydrogens (tertiary/aromatic N) is 8. The summed E-state index contributed by atoms with van der Waals surface area (Å²) in [6, 6.07) is 2.76. The van der Waals surface area contributed by atoms with Crippen molar-refractivity contribution in [3.8, 4) is 0 Å². The third-order valence-electron chi connectivity index (χ3n) is 18.7. The van der Waals surface area contributed by atoms with Gasteiger partial charge < -0.3 is 40.2 Å². The Bertz CT molecular complexity index is 1470. The SMILES string of the molecule is CCC(CC)N(CCNC(=O)CCOCC(COCCC(=O)NCCN(C(CC)CC)C(CC)CC)N(CCN=[N+]=[N-])C(COCCC(=O)NCCN(C(CC)CC)C(CC)CC)COCCC(=O)NCCN(C(CC)CC)C(CC)CC)C(CC)CC. The third kappa shape index (κ3) is 35.0. The summed E-state index contributed by atoms with van der Waals surface area (Å²) in [6.07, 6.45) is 17.6. The minimum absolute atomic E-state index is 0.0899. The van der Waals surface area contributed by atoms with E-state index in [0.29, 0.717) is 74.5 Å². The van der Waals surface area contributed by atoms with Crippen LogP contribution in [-0.4, -0.2) is 227 Å². The largest absolute Gasteiger partial charge is 0.379 e. The number of hydrogen-bond donors (Lipinski definition) is 4. The molecule has 0 spiro atoms. The van der Waals surface area contributed by atoms with Crippen molar-refractivity contribution in [2.45, 2.75) is 300 Å². The molecule has 0 aliphatic heterocycles. The summed E-state index contributed by atoms with van der Waals surface area (Å²) in [4.78, 5) is 68.9. The number of ether oxygens (including phenoxy) is 4. The number of hydrogen-bond acceptors (Lipinski definition) is 14. The van der Waals surface area contributed by atoms with Crippen molar-refractivity contribution in [2.24, 2.45) is 5.11 Å². The van der Waals surface area contributed by atoms with Crippen molar-refractivity contribution < 1.29 is 38.1 Å². The van der Waals surface area contributed by atoms with Crippen LogP contribution in [0.2, 0.25) is 0 Å². The Morgan fingerprint density at radius 3 is 0.670 bits per heavy atom. The number of nitrogens with one attached hydrogen (secondary N) is 4. The second-order valence-electron chi connectivity index (χ2n) is 23.9. The lowest BCUT2D eigenvalue weighted by Gasteiger charge is -2.37. The van der Waals surface area contributed by atoms with Crippen molar-refractivity contribution in [1.82, 2.24) is 45.8 Å². The van der Waals surface area contributed by atoms with Crippen LogP contribution in [0.5, 0.6) is 0 Å². The molecule has 518 valence electrons. The van der Waals surface area contributed by atoms with Crippen LogP contribution in [-0.2, 0) is 38.1 Å². The Hall–Kier alpha value is -3.17. The molecule has 0 aliphatic carbocycles. The van der Waals surface area contributed by atoms with Crippen molar-refractivity contribution in [2.75, 3.05) is 118 Å². The molecule has 0 aromatic carbocycles. The second kappa shape index (κ2) is 55.5. The van der Waals surface area contributed by atoms with Gasteiger partial charge in [-0.2, -0.15) is 0 Å². The van der Waals surface area contributed by atoms with Crippen molar-refractivity contribution in [3.63, 3.8) is 0 Å². The molecule has 0 aromatic heterocycles. The van der Waals surface area contributed by atoms with Crippen LogP contribution in [0.3, 0.4) is 0 Å². The van der Waals surface area contributed by atoms with Gasteiger partial charge in [0.25, 0.3) is 0 Å². The molecule has 0 saturated carbocycles. The molecular formula is C68H138N12O8. The fraction of sp³-hybridized carbons (Fsp3) is 0.941. The summed E-state index contributed by atoms with van der Waals surface area (Å²) in [5.74, 6) is -0.360. The highest BCUT2D eigenvalue weighted by Gasteiger charge is 2.30. The number of carbonyl (C=O) groups is 4. The molecule has 88 heavy (non-hydrogen) atoms. The monoisotopic (exact) mass is 1250 g/mol. The average molecular weight is 1250 g/mol. The van der Waals surface area contributed by atoms with E-state index in [0.717, 1.165) is 129 Å². The first kappa shape index (κ1) is 84.8. The van der Waals surface area contributed by atoms with Gasteiger partial charge in [-0.05, 0) is 108 Å². The maximum absolute atomic E-state index is 13.4. The van der Waals surface area contributed by atoms with Crippen molar-refractivity contribution in [1.29, 1.82) is 0 Å². The first-order chi connectivity index (χ1) is 42.6. The first-order valence-electron chi connectivity index (χ1n) is 35.8. The molecule has 20 nitrogen and oxygen atoms in total. The Labute approximate surface area is 538 Å². The molecule has 0 saturated heterocycles. The normalized spacial score (nSPS) is 12.3. The highest BCUT2D eigenvalue weighted by atomic mass is 16.5. The van der Waals surface area contributed by atoms with E-state index in [4.69, 9.17) is 18.9 Å². The van der Waals surface area contributed by atoms with E-state index in [-0.39, 0.29) is 115 Å². The van der Waals surface area contributed by atoms with Crippen LogP contribution >= 0.6 is 0 Å². The van der Waals surface area contributed by atoms with Gasteiger partial charge in [0.1, 0.15) is 0 Å². The molecule has 0 rings (SSSR count). The van der Waals surface area contributed by atoms with Crippen LogP contribution in [0.15, 0.2) is 5.11 Å². The maximum Gasteiger partial charge on any atom is 0.222 e. The number of carbonyl (C=O) groups excluding carboxylic acids is 4. The standard InChI is InChI=1S/C68H138N12O8/c1-17-55(18-2)76(56(19-3)20-4)42-37-70-65(81)33-47-85-51-63(52-86-48-34-66(82)71-38-43-77(57(21-5)22-6)58(23-7)24-8)80(46-41-74-75-69)64(53-87-49-35-67(83)72-39-44-78(59(25-9)26-10)60(27-11)28-12)54-88-50-36-68(84)73-40-45-79(61(29-13)30-14)62(31-15)32-16/h55-64H,17-54H2,1-16H3,(H,70,81)(H,71,82)(H,72,83)(H,73,84). The summed E-state index contributed by atoms with van der Waals surface area (Å²) in [6.45, 7) is 42.6. The van der Waals surface area contributed by atoms with Crippen molar-refractivity contribution in [3.05, 3.63) is 10.4 Å². The zero-order valence-electron chi connectivity index (χ0n) is 59.5. The van der Waals surface area contributed by atoms with Gasteiger partial charge in [0, 0.05) is 144 Å². The van der Waals surface area contributed by atoms with Crippen LogP contribution in [0.25, 0.3) is 10.4 Å². The molecule has 0 aromatic rings. The third-order valence-corrected chi connectivity index (χ3v) is 18.7. The summed E-state index contributed by atoms with van der Waals surface area (Å²) in [7, 11) is 0. The Balaban J connectivity index is 6.76. The Kier molecular flexibility index (Phi) is 53.5. The lowest BCUT2D eigenvalue weighted by Crippen LogP contribution is -2.53. The van der Waals surface area contributed by atoms with E-state index in [1.807, 2.05) is 0 Å². The number of rotatable bonds is 61. The van der Waals surface area contributed by atoms with Gasteiger partial charge in [0.15, 0.2) is 0 Å². The van der Waals surface area contributed by atoms with Crippen LogP contribution in [0, 0.1) is 0 Å². The molecule has 0 radical (unpaired) electrons. The minimum atomic E-state index is -0.466. The predicted molar refractivity (Wildman–Crippen MR) is 364 cm³/mol. The van der Waals surface area contributed by atoms with Crippen LogP contribution in [0.1, 0.15) is 239 Å². The van der Waals surface area contributed by atoms with E-state index in [1.54, 1.807) is 0 Å². The Morgan fingerprint density at radius 2 is 0.500 bits per heavy atom. The number of amides is 4. The molecule has 0 aliphatic rings. The zero-order chi connectivity index (χ0) is 65.9. The quantitative estimate of drug-likeness (QED) is 0.0193. The van der Waals surface area contributed by atoms with E-state index in [9.17, 15) is 24.7 Å². The fourth-order valence-electron chi connectivity index (χ4n) is 13.3. The van der Waals surface area contributed by atoms with E-state index < -0.39 is 12.1 Å². The lowest BCUT2D eigenvalue weighted by molar-refractivity contribution is -0.123. The highest BCUT2D eigenvalue weighted by Crippen LogP contribution is 2.21. The van der Waals surface area contributed by atoms with Gasteiger partial charge in [-0.1, -0.05) is 116 Å². The van der Waals surface area contributed by atoms with Gasteiger partial charge in [-0.15, -0.1) is 0 Å². The molecule has 0 bridgehead atoms. The molecule has 0 fully saturated rings. The van der Waals surface area contributed by atoms with Crippen LogP contribution in [0.4, 0.5) is 0 Å². The summed E-state index contributed by atoms with van der Waals surface area (Å²) in [5.41, 5.74) is 9.52. The highest BCUT2D eigenvalue weighted by molar-refractivity contribution is 5.77. The van der Waals surface area contributed by atoms with Gasteiger partial charge in [0.2, 0.25) is 23.6 Å². The molecule has 4 amide bonds. The number of azide groups is 1. The predicted octanol–water partition coefficient (Wildman–Crippen LogP) is 11.1. The van der Waals surface area contributed by atoms with E-state index >= 15 is 0 Å². The van der Waals surface area contributed by atoms with Crippen molar-refractivity contribution >= 4 is 23.6 Å². The topological polar surface area (TPSA) is 218 Å². The summed E-state index contributed by atoms with van der Waals surface area (Å²) in [5, 5.41) is 16.5. The smallest absolute Gasteiger partial charge is 0.222 e. The molecule has 4 N–H and O–H groups in total.